The van der Waals surface area contributed by atoms with Crippen LogP contribution in [0.1, 0.15) is 46.1 Å². The van der Waals surface area contributed by atoms with E-state index in [4.69, 9.17) is 4.74 Å². The van der Waals surface area contributed by atoms with Crippen molar-refractivity contribution < 1.29 is 9.53 Å². The molecule has 0 fully saturated rings. The van der Waals surface area contributed by atoms with Gasteiger partial charge in [0.2, 0.25) is 0 Å². The van der Waals surface area contributed by atoms with Crippen molar-refractivity contribution in [3.05, 3.63) is 35.9 Å². The van der Waals surface area contributed by atoms with Crippen LogP contribution < -0.4 is 0 Å². The number of Topliss-reactive ketones (excluding diaryl/α,β-unsaturated/α-hetero) is 1. The Balaban J connectivity index is 2.97. The molecule has 0 heterocycles. The number of carbonyl (C=O) groups excluding carboxylic acids is 1. The van der Waals surface area contributed by atoms with E-state index in [9.17, 15) is 4.79 Å². The topological polar surface area (TPSA) is 26.3 Å². The number of hydrogen-bond donors (Lipinski definition) is 0. The third kappa shape index (κ3) is 3.20. The van der Waals surface area contributed by atoms with Crippen LogP contribution in [0, 0.1) is 0 Å². The van der Waals surface area contributed by atoms with Crippen LogP contribution in [0.4, 0.5) is 0 Å². The Morgan fingerprint density at radius 3 is 2.17 bits per heavy atom. The molecule has 0 unspecified atom stereocenters. The van der Waals surface area contributed by atoms with Gasteiger partial charge < -0.3 is 4.74 Å². The summed E-state index contributed by atoms with van der Waals surface area (Å²) in [5.74, 6) is 0.187. The Hall–Kier alpha value is -1.15. The van der Waals surface area contributed by atoms with E-state index in [0.29, 0.717) is 0 Å². The third-order valence-corrected chi connectivity index (χ3v) is 3.61. The molecule has 0 radical (unpaired) electrons. The van der Waals surface area contributed by atoms with Crippen LogP contribution in [0.5, 0.6) is 0 Å². The Morgan fingerprint density at radius 1 is 1.17 bits per heavy atom. The summed E-state index contributed by atoms with van der Waals surface area (Å²) in [5, 5.41) is 0. The summed E-state index contributed by atoms with van der Waals surface area (Å²) in [7, 11) is 0. The van der Waals surface area contributed by atoms with Crippen molar-refractivity contribution in [3.63, 3.8) is 0 Å². The van der Waals surface area contributed by atoms with Gasteiger partial charge in [-0.15, -0.1) is 0 Å². The maximum Gasteiger partial charge on any atom is 0.168 e. The zero-order chi connectivity index (χ0) is 13.6. The number of carbonyl (C=O) groups is 1. The molecule has 0 amide bonds. The van der Waals surface area contributed by atoms with Gasteiger partial charge in [-0.2, -0.15) is 0 Å². The smallest absolute Gasteiger partial charge is 0.168 e. The number of ether oxygens (including phenoxy) is 1. The molecule has 1 aromatic carbocycles. The lowest BCUT2D eigenvalue weighted by Gasteiger charge is -2.31. The highest BCUT2D eigenvalue weighted by molar-refractivity contribution is 5.91. The summed E-state index contributed by atoms with van der Waals surface area (Å²) in [6.07, 6.45) is 1.72. The van der Waals surface area contributed by atoms with Crippen LogP contribution in [-0.4, -0.2) is 18.5 Å². The minimum absolute atomic E-state index is 0.0936. The third-order valence-electron chi connectivity index (χ3n) is 3.61. The first-order valence-corrected chi connectivity index (χ1v) is 6.77. The fraction of sp³-hybridized carbons (Fsp3) is 0.562. The fourth-order valence-electron chi connectivity index (χ4n) is 2.35. The zero-order valence-corrected chi connectivity index (χ0v) is 11.9. The van der Waals surface area contributed by atoms with Gasteiger partial charge in [0.1, 0.15) is 6.61 Å². The van der Waals surface area contributed by atoms with Crippen LogP contribution >= 0.6 is 0 Å². The van der Waals surface area contributed by atoms with Crippen LogP contribution in [0.25, 0.3) is 0 Å². The first-order valence-electron chi connectivity index (χ1n) is 6.77. The molecule has 0 saturated heterocycles. The second-order valence-corrected chi connectivity index (χ2v) is 4.94. The van der Waals surface area contributed by atoms with E-state index in [1.807, 2.05) is 44.2 Å². The quantitative estimate of drug-likeness (QED) is 0.734. The summed E-state index contributed by atoms with van der Waals surface area (Å²) >= 11 is 0. The van der Waals surface area contributed by atoms with Gasteiger partial charge in [-0.3, -0.25) is 4.79 Å². The second-order valence-electron chi connectivity index (χ2n) is 4.94. The minimum atomic E-state index is -0.393. The van der Waals surface area contributed by atoms with Crippen molar-refractivity contribution in [2.45, 2.75) is 52.1 Å². The SMILES string of the molecule is CCC(CC)(C(=O)COC(C)C)c1ccccc1. The Morgan fingerprint density at radius 2 is 1.72 bits per heavy atom. The van der Waals surface area contributed by atoms with Crippen molar-refractivity contribution >= 4 is 5.78 Å². The number of rotatable bonds is 7. The average Bonchev–Trinajstić information content (AvgIpc) is 2.39. The van der Waals surface area contributed by atoms with Gasteiger partial charge in [0.25, 0.3) is 0 Å². The minimum Gasteiger partial charge on any atom is -0.371 e. The highest BCUT2D eigenvalue weighted by atomic mass is 16.5. The molecule has 1 aromatic rings. The van der Waals surface area contributed by atoms with Gasteiger partial charge in [0.15, 0.2) is 5.78 Å². The summed E-state index contributed by atoms with van der Waals surface area (Å²) in [5.41, 5.74) is 0.711. The predicted octanol–water partition coefficient (Wildman–Crippen LogP) is 3.74. The molecular weight excluding hydrogens is 224 g/mol. The van der Waals surface area contributed by atoms with Gasteiger partial charge in [-0.1, -0.05) is 44.2 Å². The van der Waals surface area contributed by atoms with Crippen molar-refractivity contribution in [2.75, 3.05) is 6.61 Å². The molecule has 0 aliphatic heterocycles. The largest absolute Gasteiger partial charge is 0.371 e. The predicted molar refractivity (Wildman–Crippen MR) is 74.8 cm³/mol. The van der Waals surface area contributed by atoms with E-state index in [2.05, 4.69) is 13.8 Å². The van der Waals surface area contributed by atoms with Crippen LogP contribution in [0.3, 0.4) is 0 Å². The van der Waals surface area contributed by atoms with Crippen LogP contribution in [0.15, 0.2) is 30.3 Å². The molecule has 0 aromatic heterocycles. The highest BCUT2D eigenvalue weighted by Gasteiger charge is 2.36. The molecule has 2 heteroatoms. The monoisotopic (exact) mass is 248 g/mol. The maximum absolute atomic E-state index is 12.5. The molecule has 0 aliphatic rings. The van der Waals surface area contributed by atoms with Gasteiger partial charge in [-0.25, -0.2) is 0 Å². The number of ketones is 1. The summed E-state index contributed by atoms with van der Waals surface area (Å²) < 4.78 is 5.49. The van der Waals surface area contributed by atoms with E-state index in [-0.39, 0.29) is 18.5 Å². The Bertz CT molecular complexity index is 364. The van der Waals surface area contributed by atoms with Crippen molar-refractivity contribution in [1.82, 2.24) is 0 Å². The van der Waals surface area contributed by atoms with E-state index in [1.54, 1.807) is 0 Å². The van der Waals surface area contributed by atoms with Crippen LogP contribution in [-0.2, 0) is 14.9 Å². The normalized spacial score (nSPS) is 11.8. The molecule has 100 valence electrons. The van der Waals surface area contributed by atoms with E-state index in [0.717, 1.165) is 18.4 Å². The van der Waals surface area contributed by atoms with Crippen LogP contribution in [0.2, 0.25) is 0 Å². The van der Waals surface area contributed by atoms with E-state index >= 15 is 0 Å². The molecule has 0 spiro atoms. The molecule has 0 saturated carbocycles. The van der Waals surface area contributed by atoms with E-state index < -0.39 is 5.41 Å². The molecular formula is C16H24O2. The lowest BCUT2D eigenvalue weighted by Crippen LogP contribution is -2.38. The second kappa shape index (κ2) is 6.69. The van der Waals surface area contributed by atoms with Crippen molar-refractivity contribution in [1.29, 1.82) is 0 Å². The van der Waals surface area contributed by atoms with Crippen molar-refractivity contribution in [2.24, 2.45) is 0 Å². The highest BCUT2D eigenvalue weighted by Crippen LogP contribution is 2.32. The lowest BCUT2D eigenvalue weighted by molar-refractivity contribution is -0.131. The zero-order valence-electron chi connectivity index (χ0n) is 11.9. The number of benzene rings is 1. The van der Waals surface area contributed by atoms with Gasteiger partial charge in [-0.05, 0) is 32.3 Å². The summed E-state index contributed by atoms with van der Waals surface area (Å²) in [6, 6.07) is 10.0. The molecule has 0 bridgehead atoms. The molecule has 0 N–H and O–H groups in total. The van der Waals surface area contributed by atoms with Gasteiger partial charge >= 0.3 is 0 Å². The fourth-order valence-corrected chi connectivity index (χ4v) is 2.35. The Labute approximate surface area is 110 Å². The Kier molecular flexibility index (Phi) is 5.54. The average molecular weight is 248 g/mol. The lowest BCUT2D eigenvalue weighted by atomic mass is 9.72. The molecule has 0 aliphatic carbocycles. The summed E-state index contributed by atoms with van der Waals surface area (Å²) in [4.78, 5) is 12.5. The van der Waals surface area contributed by atoms with Crippen molar-refractivity contribution in [3.8, 4) is 0 Å². The number of hydrogen-bond acceptors (Lipinski definition) is 2. The molecule has 1 rings (SSSR count). The van der Waals surface area contributed by atoms with Gasteiger partial charge in [0.05, 0.1) is 11.5 Å². The summed E-state index contributed by atoms with van der Waals surface area (Å²) in [6.45, 7) is 8.26. The first-order chi connectivity index (χ1) is 8.56. The molecule has 2 nitrogen and oxygen atoms in total. The van der Waals surface area contributed by atoms with E-state index in [1.165, 1.54) is 0 Å². The first kappa shape index (κ1) is 14.9. The molecule has 18 heavy (non-hydrogen) atoms. The van der Waals surface area contributed by atoms with Gasteiger partial charge in [0, 0.05) is 0 Å². The molecule has 0 atom stereocenters. The standard InChI is InChI=1S/C16H24O2/c1-5-16(6-2,14-10-8-7-9-11-14)15(17)12-18-13(3)4/h7-11,13H,5-6,12H2,1-4H3. The maximum atomic E-state index is 12.5.